The van der Waals surface area contributed by atoms with E-state index < -0.39 is 6.10 Å². The van der Waals surface area contributed by atoms with Crippen molar-refractivity contribution in [1.29, 1.82) is 0 Å². The second-order valence-electron chi connectivity index (χ2n) is 10.1. The second kappa shape index (κ2) is 10.1. The Bertz CT molecular complexity index is 896. The first-order valence-electron chi connectivity index (χ1n) is 10.8. The zero-order chi connectivity index (χ0) is 23.2. The molecule has 2 amide bonds. The fraction of sp³-hybridized carbons (Fsp3) is 0.462. The minimum atomic E-state index is -0.779. The van der Waals surface area contributed by atoms with Crippen molar-refractivity contribution in [2.75, 3.05) is 0 Å². The maximum atomic E-state index is 12.6. The van der Waals surface area contributed by atoms with Crippen LogP contribution in [-0.4, -0.2) is 34.1 Å². The summed E-state index contributed by atoms with van der Waals surface area (Å²) >= 11 is 0. The summed E-state index contributed by atoms with van der Waals surface area (Å²) in [4.78, 5) is 25.3. The third-order valence-corrected chi connectivity index (χ3v) is 4.65. The van der Waals surface area contributed by atoms with E-state index in [-0.39, 0.29) is 22.9 Å². The molecule has 1 aliphatic rings. The van der Waals surface area contributed by atoms with Crippen LogP contribution in [0.3, 0.4) is 0 Å². The molecule has 0 heterocycles. The summed E-state index contributed by atoms with van der Waals surface area (Å²) in [5.41, 5.74) is 2.23. The fourth-order valence-corrected chi connectivity index (χ4v) is 3.34. The number of carbonyl (C=O) groups is 2. The first kappa shape index (κ1) is 24.6. The molecule has 5 nitrogen and oxygen atoms in total. The van der Waals surface area contributed by atoms with E-state index in [4.69, 9.17) is 0 Å². The highest BCUT2D eigenvalue weighted by Gasteiger charge is 2.21. The van der Waals surface area contributed by atoms with Gasteiger partial charge in [0.05, 0.1) is 6.10 Å². The van der Waals surface area contributed by atoms with E-state index in [1.165, 1.54) is 0 Å². The Kier molecular flexibility index (Phi) is 8.02. The molecule has 0 saturated carbocycles. The Morgan fingerprint density at radius 2 is 1.65 bits per heavy atom. The number of hydrogen-bond acceptors (Lipinski definition) is 3. The van der Waals surface area contributed by atoms with Crippen molar-refractivity contribution >= 4 is 11.8 Å². The molecule has 1 atom stereocenters. The lowest BCUT2D eigenvalue weighted by Crippen LogP contribution is -2.41. The zero-order valence-corrected chi connectivity index (χ0v) is 19.6. The number of carbonyl (C=O) groups excluding carboxylic acids is 2. The molecular formula is C26H36N2O3. The number of hydrogen-bond donors (Lipinski definition) is 3. The van der Waals surface area contributed by atoms with Gasteiger partial charge in [0.2, 0.25) is 5.91 Å². The molecular weight excluding hydrogens is 388 g/mol. The van der Waals surface area contributed by atoms with Crippen LogP contribution < -0.4 is 10.6 Å². The van der Waals surface area contributed by atoms with Gasteiger partial charge < -0.3 is 15.7 Å². The van der Waals surface area contributed by atoms with E-state index in [2.05, 4.69) is 10.6 Å². The van der Waals surface area contributed by atoms with Crippen LogP contribution in [-0.2, 0) is 11.2 Å². The Hall–Kier alpha value is -2.66. The lowest BCUT2D eigenvalue weighted by Gasteiger charge is -2.23. The van der Waals surface area contributed by atoms with Crippen molar-refractivity contribution in [1.82, 2.24) is 10.6 Å². The van der Waals surface area contributed by atoms with Gasteiger partial charge in [-0.1, -0.05) is 42.5 Å². The van der Waals surface area contributed by atoms with E-state index in [0.29, 0.717) is 18.4 Å². The van der Waals surface area contributed by atoms with E-state index >= 15 is 0 Å². The number of aliphatic hydroxyl groups excluding tert-OH is 1. The summed E-state index contributed by atoms with van der Waals surface area (Å²) in [5.74, 6) is -0.228. The topological polar surface area (TPSA) is 78.4 Å². The highest BCUT2D eigenvalue weighted by atomic mass is 16.3. The van der Waals surface area contributed by atoms with Crippen molar-refractivity contribution < 1.29 is 14.7 Å². The second-order valence-corrected chi connectivity index (χ2v) is 10.1. The molecule has 0 bridgehead atoms. The Morgan fingerprint density at radius 3 is 2.29 bits per heavy atom. The average Bonchev–Trinajstić information content (AvgIpc) is 2.64. The molecule has 31 heavy (non-hydrogen) atoms. The first-order chi connectivity index (χ1) is 14.4. The van der Waals surface area contributed by atoms with Crippen LogP contribution in [0.4, 0.5) is 0 Å². The van der Waals surface area contributed by atoms with Gasteiger partial charge >= 0.3 is 0 Å². The average molecular weight is 425 g/mol. The minimum absolute atomic E-state index is 0.0739. The van der Waals surface area contributed by atoms with E-state index in [1.54, 1.807) is 18.2 Å². The summed E-state index contributed by atoms with van der Waals surface area (Å²) < 4.78 is 0. The summed E-state index contributed by atoms with van der Waals surface area (Å²) in [6.45, 7) is 11.7. The number of aliphatic hydroxyl groups is 1. The predicted molar refractivity (Wildman–Crippen MR) is 126 cm³/mol. The SMILES string of the molecule is CC(C)(C)NC(=O)C1=C(/C=C/C(O)Cc2ccccc2C(=O)NC(C)(C)C)C=CCC1. The first-order valence-corrected chi connectivity index (χ1v) is 10.8. The monoisotopic (exact) mass is 424 g/mol. The molecule has 0 spiro atoms. The zero-order valence-electron chi connectivity index (χ0n) is 19.6. The van der Waals surface area contributed by atoms with Gasteiger partial charge in [0, 0.05) is 28.6 Å². The molecule has 0 fully saturated rings. The Labute approximate surface area is 186 Å². The fourth-order valence-electron chi connectivity index (χ4n) is 3.34. The van der Waals surface area contributed by atoms with Crippen LogP contribution in [0.1, 0.15) is 70.3 Å². The van der Waals surface area contributed by atoms with Crippen LogP contribution >= 0.6 is 0 Å². The number of allylic oxidation sites excluding steroid dienone is 4. The molecule has 168 valence electrons. The molecule has 0 saturated heterocycles. The van der Waals surface area contributed by atoms with E-state index in [1.807, 2.05) is 71.9 Å². The highest BCUT2D eigenvalue weighted by molar-refractivity contribution is 5.96. The molecule has 0 aliphatic heterocycles. The summed E-state index contributed by atoms with van der Waals surface area (Å²) in [6, 6.07) is 7.31. The highest BCUT2D eigenvalue weighted by Crippen LogP contribution is 2.22. The van der Waals surface area contributed by atoms with Gasteiger partial charge in [0.15, 0.2) is 0 Å². The van der Waals surface area contributed by atoms with Gasteiger partial charge in [0.1, 0.15) is 0 Å². The number of nitrogens with one attached hydrogen (secondary N) is 2. The molecule has 0 aromatic heterocycles. The minimum Gasteiger partial charge on any atom is -0.389 e. The van der Waals surface area contributed by atoms with Crippen molar-refractivity contribution in [3.05, 3.63) is 70.8 Å². The van der Waals surface area contributed by atoms with Crippen molar-refractivity contribution in [3.8, 4) is 0 Å². The van der Waals surface area contributed by atoms with E-state index in [9.17, 15) is 14.7 Å². The molecule has 1 aliphatic carbocycles. The molecule has 5 heteroatoms. The Morgan fingerprint density at radius 1 is 1.03 bits per heavy atom. The maximum absolute atomic E-state index is 12.6. The van der Waals surface area contributed by atoms with Crippen molar-refractivity contribution in [2.45, 2.75) is 78.0 Å². The van der Waals surface area contributed by atoms with Crippen molar-refractivity contribution in [3.63, 3.8) is 0 Å². The summed E-state index contributed by atoms with van der Waals surface area (Å²) in [6.07, 6.45) is 8.47. The molecule has 1 unspecified atom stereocenters. The van der Waals surface area contributed by atoms with Crippen LogP contribution in [0.5, 0.6) is 0 Å². The van der Waals surface area contributed by atoms with Gasteiger partial charge in [0.25, 0.3) is 5.91 Å². The smallest absolute Gasteiger partial charge is 0.251 e. The molecule has 3 N–H and O–H groups in total. The predicted octanol–water partition coefficient (Wildman–Crippen LogP) is 4.24. The van der Waals surface area contributed by atoms with Crippen LogP contribution in [0.15, 0.2) is 59.7 Å². The Balaban J connectivity index is 2.16. The standard InChI is InChI=1S/C26H36N2O3/c1-25(2,3)27-23(30)21-13-9-7-11-18(21)15-16-20(29)17-19-12-8-10-14-22(19)24(31)28-26(4,5)6/h7-8,10-12,14-16,20,29H,9,13,17H2,1-6H3,(H,27,30)(H,28,31)/b16-15+. The number of benzene rings is 1. The van der Waals surface area contributed by atoms with E-state index in [0.717, 1.165) is 23.1 Å². The third-order valence-electron chi connectivity index (χ3n) is 4.65. The molecule has 1 aromatic rings. The van der Waals surface area contributed by atoms with Gasteiger partial charge in [-0.15, -0.1) is 0 Å². The van der Waals surface area contributed by atoms with Crippen LogP contribution in [0.2, 0.25) is 0 Å². The summed E-state index contributed by atoms with van der Waals surface area (Å²) in [5, 5.41) is 16.6. The molecule has 0 radical (unpaired) electrons. The van der Waals surface area contributed by atoms with Crippen LogP contribution in [0, 0.1) is 0 Å². The lowest BCUT2D eigenvalue weighted by molar-refractivity contribution is -0.119. The maximum Gasteiger partial charge on any atom is 0.251 e. The quantitative estimate of drug-likeness (QED) is 0.639. The van der Waals surface area contributed by atoms with Crippen LogP contribution in [0.25, 0.3) is 0 Å². The molecule has 2 rings (SSSR count). The van der Waals surface area contributed by atoms with Gasteiger partial charge in [-0.25, -0.2) is 0 Å². The molecule has 1 aromatic carbocycles. The number of rotatable bonds is 6. The number of amides is 2. The lowest BCUT2D eigenvalue weighted by atomic mass is 9.94. The van der Waals surface area contributed by atoms with Gasteiger partial charge in [-0.05, 0) is 71.6 Å². The van der Waals surface area contributed by atoms with Crippen molar-refractivity contribution in [2.24, 2.45) is 0 Å². The summed E-state index contributed by atoms with van der Waals surface area (Å²) in [7, 11) is 0. The largest absolute Gasteiger partial charge is 0.389 e. The van der Waals surface area contributed by atoms with Gasteiger partial charge in [-0.3, -0.25) is 9.59 Å². The normalized spacial score (nSPS) is 15.8. The third kappa shape index (κ3) is 8.18. The van der Waals surface area contributed by atoms with Gasteiger partial charge in [-0.2, -0.15) is 0 Å².